The molecular formula is C14H21F2NOS. The van der Waals surface area contributed by atoms with Gasteiger partial charge in [0, 0.05) is 31.5 Å². The molecule has 0 bridgehead atoms. The second-order valence-corrected chi connectivity index (χ2v) is 5.63. The Labute approximate surface area is 117 Å². The number of carbonyl (C=O) groups is 1. The summed E-state index contributed by atoms with van der Waals surface area (Å²) in [6, 6.07) is 0. The Morgan fingerprint density at radius 3 is 2.79 bits per heavy atom. The third-order valence-electron chi connectivity index (χ3n) is 3.00. The Morgan fingerprint density at radius 2 is 2.16 bits per heavy atom. The Balaban J connectivity index is 2.64. The topological polar surface area (TPSA) is 20.3 Å². The molecule has 1 aliphatic rings. The second-order valence-electron chi connectivity index (χ2n) is 4.65. The molecule has 0 N–H and O–H groups in total. The fourth-order valence-corrected chi connectivity index (χ4v) is 2.63. The second kappa shape index (κ2) is 7.68. The van der Waals surface area contributed by atoms with Crippen molar-refractivity contribution in [3.8, 4) is 0 Å². The van der Waals surface area contributed by atoms with Gasteiger partial charge in [-0.2, -0.15) is 0 Å². The zero-order valence-electron chi connectivity index (χ0n) is 11.3. The summed E-state index contributed by atoms with van der Waals surface area (Å²) in [5, 5.41) is 1.78. The fraction of sp³-hybridized carbons (Fsp3) is 0.643. The maximum Gasteiger partial charge on any atom is 0.254 e. The van der Waals surface area contributed by atoms with Gasteiger partial charge in [-0.25, -0.2) is 8.78 Å². The van der Waals surface area contributed by atoms with Gasteiger partial charge >= 0.3 is 0 Å². The number of hydrogen-bond donors (Lipinski definition) is 0. The van der Waals surface area contributed by atoms with Gasteiger partial charge < -0.3 is 4.90 Å². The molecule has 0 aliphatic carbocycles. The molecule has 2 nitrogen and oxygen atoms in total. The molecule has 19 heavy (non-hydrogen) atoms. The molecular weight excluding hydrogens is 268 g/mol. The van der Waals surface area contributed by atoms with Crippen LogP contribution in [-0.2, 0) is 4.79 Å². The van der Waals surface area contributed by atoms with Gasteiger partial charge in [0.2, 0.25) is 5.92 Å². The zero-order valence-corrected chi connectivity index (χ0v) is 12.1. The predicted molar refractivity (Wildman–Crippen MR) is 76.4 cm³/mol. The zero-order chi connectivity index (χ0) is 14.3. The molecule has 1 rings (SSSR count). The molecule has 1 heterocycles. The number of alkyl halides is 2. The minimum atomic E-state index is -2.63. The van der Waals surface area contributed by atoms with Gasteiger partial charge in [0.15, 0.2) is 0 Å². The predicted octanol–water partition coefficient (Wildman–Crippen LogP) is 3.85. The molecule has 0 aromatic rings. The Bertz CT molecular complexity index is 355. The van der Waals surface area contributed by atoms with Crippen molar-refractivity contribution < 1.29 is 13.6 Å². The average Bonchev–Trinajstić information content (AvgIpc) is 2.55. The van der Waals surface area contributed by atoms with Crippen LogP contribution in [0.4, 0.5) is 8.78 Å². The lowest BCUT2D eigenvalue weighted by atomic mass is 10.1. The Morgan fingerprint density at radius 1 is 1.42 bits per heavy atom. The minimum absolute atomic E-state index is 0.120. The van der Waals surface area contributed by atoms with Gasteiger partial charge in [-0.05, 0) is 24.0 Å². The van der Waals surface area contributed by atoms with E-state index in [2.05, 4.69) is 13.5 Å². The first kappa shape index (κ1) is 16.2. The van der Waals surface area contributed by atoms with Gasteiger partial charge in [-0.1, -0.05) is 19.6 Å². The van der Waals surface area contributed by atoms with E-state index in [-0.39, 0.29) is 25.3 Å². The van der Waals surface area contributed by atoms with Gasteiger partial charge in [0.05, 0.1) is 0 Å². The van der Waals surface area contributed by atoms with Crippen LogP contribution in [0.5, 0.6) is 0 Å². The number of likely N-dealkylation sites (tertiary alicyclic amines) is 1. The van der Waals surface area contributed by atoms with Crippen molar-refractivity contribution in [3.63, 3.8) is 0 Å². The van der Waals surface area contributed by atoms with Crippen molar-refractivity contribution in [3.05, 3.63) is 23.6 Å². The number of rotatable bonds is 5. The number of halogens is 2. The summed E-state index contributed by atoms with van der Waals surface area (Å²) in [7, 11) is 0. The van der Waals surface area contributed by atoms with Gasteiger partial charge in [0.25, 0.3) is 5.91 Å². The highest BCUT2D eigenvalue weighted by Gasteiger charge is 2.33. The van der Waals surface area contributed by atoms with E-state index in [0.717, 1.165) is 12.2 Å². The van der Waals surface area contributed by atoms with Crippen molar-refractivity contribution in [2.45, 2.75) is 38.5 Å². The summed E-state index contributed by atoms with van der Waals surface area (Å²) in [6.45, 7) is 6.21. The molecule has 108 valence electrons. The maximum atomic E-state index is 13.3. The van der Waals surface area contributed by atoms with Crippen molar-refractivity contribution in [1.82, 2.24) is 4.90 Å². The SMILES string of the molecule is C=C/C(=C\SCCC)C(=O)N1CCCC(F)(F)CC1. The average molecular weight is 289 g/mol. The van der Waals surface area contributed by atoms with E-state index in [1.165, 1.54) is 11.0 Å². The van der Waals surface area contributed by atoms with Crippen LogP contribution in [0.1, 0.15) is 32.6 Å². The third-order valence-corrected chi connectivity index (χ3v) is 4.07. The van der Waals surface area contributed by atoms with Crippen molar-refractivity contribution in [1.29, 1.82) is 0 Å². The number of carbonyl (C=O) groups excluding carboxylic acids is 1. The van der Waals surface area contributed by atoms with Gasteiger partial charge in [-0.3, -0.25) is 4.79 Å². The normalized spacial score (nSPS) is 19.9. The highest BCUT2D eigenvalue weighted by molar-refractivity contribution is 8.02. The minimum Gasteiger partial charge on any atom is -0.338 e. The summed E-state index contributed by atoms with van der Waals surface area (Å²) in [5.74, 6) is -1.89. The molecule has 1 saturated heterocycles. The first-order chi connectivity index (χ1) is 9.00. The molecule has 0 unspecified atom stereocenters. The summed E-state index contributed by atoms with van der Waals surface area (Å²) in [5.41, 5.74) is 0.503. The van der Waals surface area contributed by atoms with Gasteiger partial charge in [-0.15, -0.1) is 11.8 Å². The first-order valence-electron chi connectivity index (χ1n) is 6.61. The van der Waals surface area contributed by atoms with Crippen LogP contribution in [-0.4, -0.2) is 35.6 Å². The highest BCUT2D eigenvalue weighted by Crippen LogP contribution is 2.28. The third kappa shape index (κ3) is 5.35. The number of thioether (sulfide) groups is 1. The molecule has 0 spiro atoms. The van der Waals surface area contributed by atoms with Crippen LogP contribution in [0.15, 0.2) is 23.6 Å². The molecule has 0 aromatic heterocycles. The fourth-order valence-electron chi connectivity index (χ4n) is 1.90. The Kier molecular flexibility index (Phi) is 6.55. The molecule has 1 aliphatic heterocycles. The summed E-state index contributed by atoms with van der Waals surface area (Å²) in [6.07, 6.45) is 2.51. The maximum absolute atomic E-state index is 13.3. The van der Waals surface area contributed by atoms with Crippen LogP contribution >= 0.6 is 11.8 Å². The monoisotopic (exact) mass is 289 g/mol. The molecule has 5 heteroatoms. The summed E-state index contributed by atoms with van der Waals surface area (Å²) < 4.78 is 26.5. The summed E-state index contributed by atoms with van der Waals surface area (Å²) >= 11 is 1.55. The van der Waals surface area contributed by atoms with E-state index in [4.69, 9.17) is 0 Å². The van der Waals surface area contributed by atoms with E-state index in [0.29, 0.717) is 18.5 Å². The lowest BCUT2D eigenvalue weighted by Crippen LogP contribution is -2.33. The Hall–Kier alpha value is -0.840. The molecule has 0 atom stereocenters. The molecule has 1 amide bonds. The molecule has 0 aromatic carbocycles. The molecule has 0 radical (unpaired) electrons. The smallest absolute Gasteiger partial charge is 0.254 e. The lowest BCUT2D eigenvalue weighted by molar-refractivity contribution is -0.127. The van der Waals surface area contributed by atoms with Crippen LogP contribution in [0.25, 0.3) is 0 Å². The number of amides is 1. The lowest BCUT2D eigenvalue weighted by Gasteiger charge is -2.21. The van der Waals surface area contributed by atoms with Crippen LogP contribution < -0.4 is 0 Å². The number of hydrogen-bond acceptors (Lipinski definition) is 2. The van der Waals surface area contributed by atoms with E-state index < -0.39 is 5.92 Å². The molecule has 0 saturated carbocycles. The highest BCUT2D eigenvalue weighted by atomic mass is 32.2. The van der Waals surface area contributed by atoms with E-state index in [9.17, 15) is 13.6 Å². The number of nitrogens with zero attached hydrogens (tertiary/aromatic N) is 1. The van der Waals surface area contributed by atoms with Crippen molar-refractivity contribution in [2.75, 3.05) is 18.8 Å². The quantitative estimate of drug-likeness (QED) is 0.435. The first-order valence-corrected chi connectivity index (χ1v) is 7.66. The van der Waals surface area contributed by atoms with Crippen molar-refractivity contribution >= 4 is 17.7 Å². The van der Waals surface area contributed by atoms with Crippen LogP contribution in [0.3, 0.4) is 0 Å². The van der Waals surface area contributed by atoms with E-state index in [1.54, 1.807) is 17.2 Å². The van der Waals surface area contributed by atoms with E-state index in [1.807, 2.05) is 0 Å². The van der Waals surface area contributed by atoms with Crippen LogP contribution in [0.2, 0.25) is 0 Å². The van der Waals surface area contributed by atoms with Gasteiger partial charge in [0.1, 0.15) is 0 Å². The van der Waals surface area contributed by atoms with E-state index >= 15 is 0 Å². The largest absolute Gasteiger partial charge is 0.338 e. The molecule has 1 fully saturated rings. The van der Waals surface area contributed by atoms with Crippen LogP contribution in [0, 0.1) is 0 Å². The van der Waals surface area contributed by atoms with Crippen molar-refractivity contribution in [2.24, 2.45) is 0 Å². The summed E-state index contributed by atoms with van der Waals surface area (Å²) in [4.78, 5) is 13.7. The standard InChI is InChI=1S/C14H21F2NOS/c1-3-10-19-11-12(4-2)13(18)17-8-5-6-14(15,16)7-9-17/h4,11H,2-3,5-10H2,1H3/b12-11+.